The van der Waals surface area contributed by atoms with Crippen molar-refractivity contribution in [1.82, 2.24) is 0 Å². The average Bonchev–Trinajstić information content (AvgIpc) is 3.83. The molecule has 4 aliphatic rings. The van der Waals surface area contributed by atoms with Crippen LogP contribution in [0.1, 0.15) is 187 Å². The second kappa shape index (κ2) is 21.3. The molecule has 2 amide bonds. The number of amides is 2. The lowest BCUT2D eigenvalue weighted by Crippen LogP contribution is -2.47. The van der Waals surface area contributed by atoms with Crippen LogP contribution < -0.4 is 9.80 Å². The summed E-state index contributed by atoms with van der Waals surface area (Å²) in [6.45, 7) is 16.5. The average molecular weight is 893 g/mol. The molecule has 0 saturated heterocycles. The zero-order valence-electron chi connectivity index (χ0n) is 38.2. The minimum absolute atomic E-state index is 0.00448. The van der Waals surface area contributed by atoms with Crippen molar-refractivity contribution in [1.29, 1.82) is 0 Å². The van der Waals surface area contributed by atoms with Crippen LogP contribution in [-0.2, 0) is 9.59 Å². The molecule has 3 N–H and O–H groups in total. The molecule has 0 aromatic carbocycles. The molecule has 4 saturated carbocycles. The molecule has 12 heteroatoms. The number of carboxylic acids is 2. The third-order valence-corrected chi connectivity index (χ3v) is 14.7. The maximum absolute atomic E-state index is 13.8. The van der Waals surface area contributed by atoms with E-state index in [9.17, 15) is 38.9 Å². The molecule has 0 unspecified atom stereocenters. The van der Waals surface area contributed by atoms with E-state index in [2.05, 4.69) is 37.5 Å². The van der Waals surface area contributed by atoms with Gasteiger partial charge in [0.15, 0.2) is 0 Å². The van der Waals surface area contributed by atoms with E-state index in [1.807, 2.05) is 41.5 Å². The monoisotopic (exact) mass is 892 g/mol. The molecule has 2 aromatic rings. The molecule has 62 heavy (non-hydrogen) atoms. The van der Waals surface area contributed by atoms with Gasteiger partial charge in [0.25, 0.3) is 0 Å². The predicted octanol–water partition coefficient (Wildman–Crippen LogP) is 11.6. The Balaban J connectivity index is 0.000000234. The second-order valence-corrected chi connectivity index (χ2v) is 22.6. The van der Waals surface area contributed by atoms with Gasteiger partial charge in [-0.15, -0.1) is 22.7 Å². The molecule has 2 aromatic heterocycles. The predicted molar refractivity (Wildman–Crippen MR) is 248 cm³/mol. The number of anilines is 2. The molecule has 4 aliphatic carbocycles. The highest BCUT2D eigenvalue weighted by Gasteiger charge is 2.39. The quantitative estimate of drug-likeness (QED) is 0.225. The van der Waals surface area contributed by atoms with Crippen molar-refractivity contribution in [2.75, 3.05) is 9.80 Å². The van der Waals surface area contributed by atoms with Gasteiger partial charge in [-0.3, -0.25) is 9.59 Å². The van der Waals surface area contributed by atoms with Crippen LogP contribution in [0, 0.1) is 58.2 Å². The van der Waals surface area contributed by atoms with E-state index in [-0.39, 0.29) is 62.4 Å². The molecule has 340 valence electrons. The molecule has 2 heterocycles. The maximum atomic E-state index is 13.8. The fourth-order valence-corrected chi connectivity index (χ4v) is 10.7. The highest BCUT2D eigenvalue weighted by atomic mass is 32.1. The Bertz CT molecular complexity index is 1860. The topological polar surface area (TPSA) is 135 Å². The molecular weight excluding hydrogens is 824 g/mol. The van der Waals surface area contributed by atoms with E-state index in [4.69, 9.17) is 0 Å². The van der Waals surface area contributed by atoms with E-state index >= 15 is 0 Å². The summed E-state index contributed by atoms with van der Waals surface area (Å²) >= 11 is 2.27. The Morgan fingerprint density at radius 3 is 1.24 bits per heavy atom. The summed E-state index contributed by atoms with van der Waals surface area (Å²) in [5.74, 6) is 11.6. The number of carboxylic acid groups (broad SMARTS) is 2. The molecular formula is C50H69FN2O7S2. The zero-order valence-corrected chi connectivity index (χ0v) is 39.8. The summed E-state index contributed by atoms with van der Waals surface area (Å²) in [6.07, 6.45) is 10.9. The molecule has 0 radical (unpaired) electrons. The number of aliphatic hydroxyl groups is 1. The van der Waals surface area contributed by atoms with Crippen molar-refractivity contribution in [3.8, 4) is 23.7 Å². The first kappa shape index (κ1) is 49.3. The highest BCUT2D eigenvalue weighted by Crippen LogP contribution is 2.41. The SMILES string of the molecule is CC1CCC(C(=O)N(c2cc(C#CC(C)(C)C)sc2C(=O)O)C2CCC(F)CC2)CC1.CC1CCC(C(=O)N(c2cc(C#CC(C)(C)C)sc2C(=O)O)C2CCC(O)CC2)CC1. The number of thiophene rings is 2. The minimum Gasteiger partial charge on any atom is -0.477 e. The van der Waals surface area contributed by atoms with Gasteiger partial charge < -0.3 is 25.1 Å². The normalized spacial score (nSPS) is 26.6. The fourth-order valence-electron chi connectivity index (χ4n) is 9.06. The van der Waals surface area contributed by atoms with Crippen molar-refractivity contribution >= 4 is 57.8 Å². The van der Waals surface area contributed by atoms with Crippen LogP contribution in [-0.4, -0.2) is 63.4 Å². The number of halogens is 1. The van der Waals surface area contributed by atoms with Gasteiger partial charge in [0.1, 0.15) is 15.9 Å². The van der Waals surface area contributed by atoms with Gasteiger partial charge in [-0.2, -0.15) is 0 Å². The number of aromatic carboxylic acids is 2. The summed E-state index contributed by atoms with van der Waals surface area (Å²) in [7, 11) is 0. The Hall–Kier alpha value is -3.71. The van der Waals surface area contributed by atoms with Crippen molar-refractivity contribution in [2.45, 2.75) is 182 Å². The lowest BCUT2D eigenvalue weighted by Gasteiger charge is -2.38. The minimum atomic E-state index is -1.04. The third kappa shape index (κ3) is 13.6. The van der Waals surface area contributed by atoms with Crippen LogP contribution >= 0.6 is 22.7 Å². The number of aliphatic hydroxyl groups excluding tert-OH is 1. The summed E-state index contributed by atoms with van der Waals surface area (Å²) in [5, 5.41) is 29.8. The van der Waals surface area contributed by atoms with Crippen LogP contribution in [0.25, 0.3) is 0 Å². The van der Waals surface area contributed by atoms with Gasteiger partial charge in [-0.25, -0.2) is 14.0 Å². The Morgan fingerprint density at radius 1 is 0.581 bits per heavy atom. The number of rotatable bonds is 8. The van der Waals surface area contributed by atoms with Crippen molar-refractivity contribution in [3.63, 3.8) is 0 Å². The van der Waals surface area contributed by atoms with Crippen molar-refractivity contribution in [3.05, 3.63) is 31.6 Å². The van der Waals surface area contributed by atoms with Gasteiger partial charge in [-0.1, -0.05) is 37.5 Å². The standard InChI is InChI=1S/C25H34FNO3S.C25H35NO4S/c1-16-5-7-17(8-6-16)23(28)27(19-11-9-18(26)10-12-19)21-15-20(13-14-25(2,3)4)31-22(21)24(29)30;1-16-5-7-17(8-6-16)23(28)26(18-9-11-19(27)12-10-18)21-15-20(13-14-25(2,3)4)31-22(21)24(29)30/h15-19H,5-12H2,1-4H3,(H,29,30);15-19,27H,5-12H2,1-4H3,(H,29,30). The van der Waals surface area contributed by atoms with E-state index < -0.39 is 18.1 Å². The largest absolute Gasteiger partial charge is 0.477 e. The number of carbonyl (C=O) groups excluding carboxylic acids is 2. The van der Waals surface area contributed by atoms with Crippen LogP contribution in [0.5, 0.6) is 0 Å². The zero-order chi connectivity index (χ0) is 45.5. The first-order valence-corrected chi connectivity index (χ1v) is 24.5. The Morgan fingerprint density at radius 2 is 0.919 bits per heavy atom. The van der Waals surface area contributed by atoms with Crippen LogP contribution in [0.2, 0.25) is 0 Å². The molecule has 0 bridgehead atoms. The molecule has 9 nitrogen and oxygen atoms in total. The Labute approximate surface area is 377 Å². The lowest BCUT2D eigenvalue weighted by molar-refractivity contribution is -0.125. The van der Waals surface area contributed by atoms with Gasteiger partial charge in [0.05, 0.1) is 27.2 Å². The molecule has 0 aliphatic heterocycles. The van der Waals surface area contributed by atoms with Crippen LogP contribution in [0.4, 0.5) is 15.8 Å². The van der Waals surface area contributed by atoms with Crippen LogP contribution in [0.15, 0.2) is 12.1 Å². The number of nitrogens with zero attached hydrogens (tertiary/aromatic N) is 2. The van der Waals surface area contributed by atoms with Crippen molar-refractivity contribution in [2.24, 2.45) is 34.5 Å². The van der Waals surface area contributed by atoms with Crippen LogP contribution in [0.3, 0.4) is 0 Å². The summed E-state index contributed by atoms with van der Waals surface area (Å²) in [5.41, 5.74) is 0.533. The van der Waals surface area contributed by atoms with E-state index in [0.717, 1.165) is 74.0 Å². The second-order valence-electron chi connectivity index (χ2n) is 20.5. The van der Waals surface area contributed by atoms with Gasteiger partial charge >= 0.3 is 11.9 Å². The van der Waals surface area contributed by atoms with E-state index in [0.29, 0.717) is 84.3 Å². The van der Waals surface area contributed by atoms with E-state index in [1.54, 1.807) is 21.9 Å². The lowest BCUT2D eigenvalue weighted by atomic mass is 9.81. The summed E-state index contributed by atoms with van der Waals surface area (Å²) in [6, 6.07) is 3.32. The third-order valence-electron chi connectivity index (χ3n) is 12.7. The fraction of sp³-hybridized carbons (Fsp3) is 0.680. The van der Waals surface area contributed by atoms with E-state index in [1.165, 1.54) is 0 Å². The van der Waals surface area contributed by atoms with Gasteiger partial charge in [-0.05, 0) is 168 Å². The maximum Gasteiger partial charge on any atom is 0.348 e. The van der Waals surface area contributed by atoms with Crippen molar-refractivity contribution < 1.29 is 38.9 Å². The number of alkyl halides is 1. The number of hydrogen-bond donors (Lipinski definition) is 3. The smallest absolute Gasteiger partial charge is 0.348 e. The first-order valence-electron chi connectivity index (χ1n) is 22.9. The number of hydrogen-bond acceptors (Lipinski definition) is 7. The van der Waals surface area contributed by atoms with Gasteiger partial charge in [0.2, 0.25) is 11.8 Å². The summed E-state index contributed by atoms with van der Waals surface area (Å²) < 4.78 is 13.8. The Kier molecular flexibility index (Phi) is 16.9. The molecule has 0 atom stereocenters. The molecule has 6 rings (SSSR count). The summed E-state index contributed by atoms with van der Waals surface area (Å²) in [4.78, 5) is 56.8. The number of carbonyl (C=O) groups is 4. The van der Waals surface area contributed by atoms with Gasteiger partial charge in [0, 0.05) is 34.7 Å². The first-order chi connectivity index (χ1) is 29.1. The molecule has 0 spiro atoms. The molecule has 4 fully saturated rings. The highest BCUT2D eigenvalue weighted by molar-refractivity contribution is 7.15.